The number of hydrogen-bond acceptors (Lipinski definition) is 3. The minimum absolute atomic E-state index is 0.0140. The van der Waals surface area contributed by atoms with Crippen LogP contribution in [0.5, 0.6) is 5.75 Å². The zero-order valence-corrected chi connectivity index (χ0v) is 14.8. The molecule has 0 saturated heterocycles. The second-order valence-corrected chi connectivity index (χ2v) is 6.34. The lowest BCUT2D eigenvalue weighted by atomic mass is 10.1. The molecule has 2 amide bonds. The third kappa shape index (κ3) is 4.11. The first-order valence-corrected chi connectivity index (χ1v) is 8.57. The second-order valence-electron chi connectivity index (χ2n) is 6.34. The second kappa shape index (κ2) is 7.87. The zero-order valence-electron chi connectivity index (χ0n) is 14.8. The maximum Gasteiger partial charge on any atom is 0.266 e. The van der Waals surface area contributed by atoms with Gasteiger partial charge in [0.15, 0.2) is 6.10 Å². The minimum Gasteiger partial charge on any atom is -0.478 e. The SMILES string of the molecule is C=CCN(Cc1ccc(C)cc1)C(=O)CC1Oc2ccccc2NC1=O. The van der Waals surface area contributed by atoms with Crippen LogP contribution in [-0.2, 0) is 16.1 Å². The van der Waals surface area contributed by atoms with E-state index in [9.17, 15) is 9.59 Å². The molecule has 0 fully saturated rings. The van der Waals surface area contributed by atoms with Gasteiger partial charge >= 0.3 is 0 Å². The smallest absolute Gasteiger partial charge is 0.266 e. The highest BCUT2D eigenvalue weighted by Crippen LogP contribution is 2.29. The van der Waals surface area contributed by atoms with E-state index in [4.69, 9.17) is 4.74 Å². The van der Waals surface area contributed by atoms with Gasteiger partial charge in [0.25, 0.3) is 5.91 Å². The summed E-state index contributed by atoms with van der Waals surface area (Å²) in [5.74, 6) is 0.134. The fourth-order valence-electron chi connectivity index (χ4n) is 2.84. The Hall–Kier alpha value is -3.08. The maximum atomic E-state index is 12.7. The Morgan fingerprint density at radius 3 is 2.69 bits per heavy atom. The molecular weight excluding hydrogens is 328 g/mol. The van der Waals surface area contributed by atoms with Crippen molar-refractivity contribution in [1.82, 2.24) is 4.90 Å². The number of rotatable bonds is 6. The van der Waals surface area contributed by atoms with Gasteiger partial charge in [-0.25, -0.2) is 0 Å². The number of para-hydroxylation sites is 2. The number of amides is 2. The van der Waals surface area contributed by atoms with E-state index in [-0.39, 0.29) is 18.2 Å². The molecule has 2 aromatic rings. The average Bonchev–Trinajstić information content (AvgIpc) is 2.63. The lowest BCUT2D eigenvalue weighted by Gasteiger charge is -2.28. The van der Waals surface area contributed by atoms with Gasteiger partial charge in [-0.05, 0) is 24.6 Å². The molecule has 1 heterocycles. The number of carbonyl (C=O) groups is 2. The first-order chi connectivity index (χ1) is 12.6. The molecule has 1 aliphatic heterocycles. The molecule has 5 heteroatoms. The number of nitrogens with one attached hydrogen (secondary N) is 1. The number of anilines is 1. The molecule has 0 aromatic heterocycles. The van der Waals surface area contributed by atoms with Crippen molar-refractivity contribution < 1.29 is 14.3 Å². The van der Waals surface area contributed by atoms with E-state index in [0.29, 0.717) is 24.5 Å². The largest absolute Gasteiger partial charge is 0.478 e. The van der Waals surface area contributed by atoms with Crippen molar-refractivity contribution in [3.8, 4) is 5.75 Å². The van der Waals surface area contributed by atoms with E-state index in [1.165, 1.54) is 5.56 Å². The summed E-state index contributed by atoms with van der Waals surface area (Å²) in [7, 11) is 0. The van der Waals surface area contributed by atoms with Crippen molar-refractivity contribution in [2.75, 3.05) is 11.9 Å². The van der Waals surface area contributed by atoms with Crippen LogP contribution in [0, 0.1) is 6.92 Å². The molecule has 0 spiro atoms. The van der Waals surface area contributed by atoms with Crippen molar-refractivity contribution in [3.05, 3.63) is 72.3 Å². The van der Waals surface area contributed by atoms with Crippen molar-refractivity contribution >= 4 is 17.5 Å². The third-order valence-corrected chi connectivity index (χ3v) is 4.26. The van der Waals surface area contributed by atoms with E-state index in [2.05, 4.69) is 11.9 Å². The lowest BCUT2D eigenvalue weighted by Crippen LogP contribution is -2.42. The van der Waals surface area contributed by atoms with E-state index in [0.717, 1.165) is 5.56 Å². The predicted octanol–water partition coefficient (Wildman–Crippen LogP) is 3.30. The summed E-state index contributed by atoms with van der Waals surface area (Å²) in [6.07, 6.45) is 0.839. The molecule has 3 rings (SSSR count). The van der Waals surface area contributed by atoms with Crippen molar-refractivity contribution in [2.24, 2.45) is 0 Å². The highest BCUT2D eigenvalue weighted by molar-refractivity contribution is 5.99. The van der Waals surface area contributed by atoms with Gasteiger partial charge in [-0.1, -0.05) is 48.0 Å². The van der Waals surface area contributed by atoms with Crippen LogP contribution in [0.2, 0.25) is 0 Å². The Morgan fingerprint density at radius 1 is 1.23 bits per heavy atom. The van der Waals surface area contributed by atoms with Crippen LogP contribution in [-0.4, -0.2) is 29.4 Å². The first kappa shape index (κ1) is 17.7. The van der Waals surface area contributed by atoms with E-state index in [1.807, 2.05) is 43.3 Å². The third-order valence-electron chi connectivity index (χ3n) is 4.26. The molecule has 0 saturated carbocycles. The summed E-state index contributed by atoms with van der Waals surface area (Å²) < 4.78 is 5.72. The summed E-state index contributed by atoms with van der Waals surface area (Å²) in [5, 5.41) is 2.79. The molecule has 134 valence electrons. The summed E-state index contributed by atoms with van der Waals surface area (Å²) in [6, 6.07) is 15.2. The standard InChI is InChI=1S/C21H22N2O3/c1-3-12-23(14-16-10-8-15(2)9-11-16)20(24)13-19-21(25)22-17-6-4-5-7-18(17)26-19/h3-11,19H,1,12-14H2,2H3,(H,22,25). The van der Waals surface area contributed by atoms with Gasteiger partial charge in [0.2, 0.25) is 5.91 Å². The average molecular weight is 350 g/mol. The molecular formula is C21H22N2O3. The van der Waals surface area contributed by atoms with Crippen LogP contribution >= 0.6 is 0 Å². The summed E-state index contributed by atoms with van der Waals surface area (Å²) >= 11 is 0. The molecule has 5 nitrogen and oxygen atoms in total. The topological polar surface area (TPSA) is 58.6 Å². The fourth-order valence-corrected chi connectivity index (χ4v) is 2.84. The van der Waals surface area contributed by atoms with Crippen LogP contribution < -0.4 is 10.1 Å². The molecule has 1 unspecified atom stereocenters. The zero-order chi connectivity index (χ0) is 18.5. The van der Waals surface area contributed by atoms with Gasteiger partial charge in [-0.15, -0.1) is 6.58 Å². The maximum absolute atomic E-state index is 12.7. The number of benzene rings is 2. The highest BCUT2D eigenvalue weighted by atomic mass is 16.5. The number of hydrogen-bond donors (Lipinski definition) is 1. The molecule has 2 aromatic carbocycles. The summed E-state index contributed by atoms with van der Waals surface area (Å²) in [5.41, 5.74) is 2.83. The Labute approximate surface area is 153 Å². The van der Waals surface area contributed by atoms with E-state index < -0.39 is 6.10 Å². The van der Waals surface area contributed by atoms with Gasteiger partial charge in [-0.3, -0.25) is 9.59 Å². The normalized spacial score (nSPS) is 15.4. The molecule has 0 bridgehead atoms. The van der Waals surface area contributed by atoms with Gasteiger partial charge in [-0.2, -0.15) is 0 Å². The van der Waals surface area contributed by atoms with Crippen LogP contribution in [0.25, 0.3) is 0 Å². The van der Waals surface area contributed by atoms with Gasteiger partial charge in [0, 0.05) is 13.1 Å². The van der Waals surface area contributed by atoms with Crippen LogP contribution in [0.15, 0.2) is 61.2 Å². The number of aryl methyl sites for hydroxylation is 1. The van der Waals surface area contributed by atoms with Crippen LogP contribution in [0.1, 0.15) is 17.5 Å². The van der Waals surface area contributed by atoms with Gasteiger partial charge in [0.05, 0.1) is 12.1 Å². The predicted molar refractivity (Wildman–Crippen MR) is 101 cm³/mol. The lowest BCUT2D eigenvalue weighted by molar-refractivity contribution is -0.137. The summed E-state index contributed by atoms with van der Waals surface area (Å²) in [6.45, 7) is 6.63. The van der Waals surface area contributed by atoms with Crippen molar-refractivity contribution in [2.45, 2.75) is 26.0 Å². The highest BCUT2D eigenvalue weighted by Gasteiger charge is 2.31. The summed E-state index contributed by atoms with van der Waals surface area (Å²) in [4.78, 5) is 26.7. The monoisotopic (exact) mass is 350 g/mol. The Balaban J connectivity index is 1.68. The number of nitrogens with zero attached hydrogens (tertiary/aromatic N) is 1. The first-order valence-electron chi connectivity index (χ1n) is 8.57. The van der Waals surface area contributed by atoms with E-state index >= 15 is 0 Å². The Morgan fingerprint density at radius 2 is 1.96 bits per heavy atom. The van der Waals surface area contributed by atoms with Gasteiger partial charge < -0.3 is 15.0 Å². The number of carbonyl (C=O) groups excluding carboxylic acids is 2. The molecule has 1 atom stereocenters. The number of fused-ring (bicyclic) bond motifs is 1. The molecule has 0 aliphatic carbocycles. The quantitative estimate of drug-likeness (QED) is 0.813. The molecule has 1 aliphatic rings. The number of ether oxygens (including phenoxy) is 1. The van der Waals surface area contributed by atoms with Crippen molar-refractivity contribution in [1.29, 1.82) is 0 Å². The minimum atomic E-state index is -0.831. The molecule has 0 radical (unpaired) electrons. The Bertz CT molecular complexity index is 814. The fraction of sp³-hybridized carbons (Fsp3) is 0.238. The molecule has 26 heavy (non-hydrogen) atoms. The van der Waals surface area contributed by atoms with Crippen LogP contribution in [0.3, 0.4) is 0 Å². The van der Waals surface area contributed by atoms with Crippen molar-refractivity contribution in [3.63, 3.8) is 0 Å². The van der Waals surface area contributed by atoms with Gasteiger partial charge in [0.1, 0.15) is 5.75 Å². The molecule has 1 N–H and O–H groups in total. The van der Waals surface area contributed by atoms with E-state index in [1.54, 1.807) is 23.1 Å². The Kier molecular flexibility index (Phi) is 5.37. The van der Waals surface area contributed by atoms with Crippen LogP contribution in [0.4, 0.5) is 5.69 Å².